The third kappa shape index (κ3) is 8.37. The summed E-state index contributed by atoms with van der Waals surface area (Å²) in [6.07, 6.45) is 1.11. The van der Waals surface area contributed by atoms with Crippen molar-refractivity contribution in [2.45, 2.75) is 106 Å². The van der Waals surface area contributed by atoms with Crippen LogP contribution in [0.15, 0.2) is 54.7 Å². The van der Waals surface area contributed by atoms with Gasteiger partial charge in [0.05, 0.1) is 23.9 Å². The summed E-state index contributed by atoms with van der Waals surface area (Å²) in [6, 6.07) is 3.58. The molecule has 1 saturated heterocycles. The molecule has 0 amide bonds. The highest BCUT2D eigenvalue weighted by atomic mass is 16.7. The molecule has 0 spiro atoms. The van der Waals surface area contributed by atoms with E-state index >= 15 is 0 Å². The highest BCUT2D eigenvalue weighted by Crippen LogP contribution is 2.35. The molecule has 1 aliphatic heterocycles. The first-order chi connectivity index (χ1) is 25.9. The molecule has 1 saturated carbocycles. The van der Waals surface area contributed by atoms with Crippen LogP contribution in [0, 0.1) is 17.8 Å². The van der Waals surface area contributed by atoms with Gasteiger partial charge in [0.15, 0.2) is 11.9 Å². The topological polar surface area (TPSA) is 242 Å². The molecular weight excluding hydrogens is 712 g/mol. The van der Waals surface area contributed by atoms with E-state index in [1.165, 1.54) is 12.1 Å². The van der Waals surface area contributed by atoms with Crippen molar-refractivity contribution in [1.29, 1.82) is 0 Å². The number of Topliss-reactive ketones (excluding diaryl/α,β-unsaturated/α-hetero) is 1. The van der Waals surface area contributed by atoms with Crippen molar-refractivity contribution in [1.82, 2.24) is 0 Å². The second-order valence-electron chi connectivity index (χ2n) is 14.0. The average molecular weight is 757 g/mol. The van der Waals surface area contributed by atoms with Gasteiger partial charge in [-0.15, -0.1) is 0 Å². The highest BCUT2D eigenvalue weighted by Gasteiger charge is 2.59. The van der Waals surface area contributed by atoms with Crippen LogP contribution in [0.4, 0.5) is 0 Å². The van der Waals surface area contributed by atoms with Crippen LogP contribution in [0.5, 0.6) is 11.5 Å². The summed E-state index contributed by atoms with van der Waals surface area (Å²) in [4.78, 5) is 64.8. The first kappa shape index (κ1) is 39.1. The fourth-order valence-corrected chi connectivity index (χ4v) is 7.07. The predicted octanol–water partition coefficient (Wildman–Crippen LogP) is 0.981. The predicted molar refractivity (Wildman–Crippen MR) is 181 cm³/mol. The first-order valence-electron chi connectivity index (χ1n) is 18.0. The molecular formula is C38H44O16. The van der Waals surface area contributed by atoms with Crippen molar-refractivity contribution in [2.24, 2.45) is 17.8 Å². The largest absolute Gasteiger partial charge is 0.508 e. The summed E-state index contributed by atoms with van der Waals surface area (Å²) in [6.45, 7) is -1.24. The lowest BCUT2D eigenvalue weighted by atomic mass is 9.78. The number of hydrogen-bond acceptors (Lipinski definition) is 16. The van der Waals surface area contributed by atoms with Crippen LogP contribution in [0.25, 0.3) is 0 Å². The number of esters is 4. The van der Waals surface area contributed by atoms with Gasteiger partial charge in [-0.2, -0.15) is 0 Å². The number of benzene rings is 1. The molecule has 5 N–H and O–H groups in total. The Morgan fingerprint density at radius 1 is 0.796 bits per heavy atom. The highest BCUT2D eigenvalue weighted by molar-refractivity contribution is 5.96. The third-order valence-electron chi connectivity index (χ3n) is 10.3. The van der Waals surface area contributed by atoms with E-state index in [-0.39, 0.29) is 29.9 Å². The maximum absolute atomic E-state index is 13.5. The van der Waals surface area contributed by atoms with Crippen LogP contribution in [0.3, 0.4) is 0 Å². The van der Waals surface area contributed by atoms with Crippen molar-refractivity contribution in [3.63, 3.8) is 0 Å². The van der Waals surface area contributed by atoms with Gasteiger partial charge in [0.25, 0.3) is 0 Å². The van der Waals surface area contributed by atoms with E-state index in [1.54, 1.807) is 30.4 Å². The van der Waals surface area contributed by atoms with Gasteiger partial charge in [-0.1, -0.05) is 36.5 Å². The Labute approximate surface area is 309 Å². The van der Waals surface area contributed by atoms with Gasteiger partial charge < -0.3 is 54.0 Å². The smallest absolute Gasteiger partial charge is 0.345 e. The standard InChI is InChI=1S/C38H44O16/c39-24-13-15-26(23(17-24)18-50-37(47)38(48)28(41)16-14-25(40)32(38)54-35(46)22-11-5-6-12-22)51-36-31(53-34(45)21-9-3-4-10-21)30(43)29(42)27(52-36)19-49-33(44)20-7-1-2-8-20/h1,3,5,7,9,11,13,15,17,20-22,27-32,36,39,41-43,48H,2,4,6,8,10,12,14,16,18-19H2. The number of ether oxygens (including phenoxy) is 6. The first-order valence-corrected chi connectivity index (χ1v) is 18.0. The number of ketones is 1. The van der Waals surface area contributed by atoms with Gasteiger partial charge in [-0.3, -0.25) is 19.2 Å². The van der Waals surface area contributed by atoms with E-state index in [9.17, 15) is 49.5 Å². The van der Waals surface area contributed by atoms with E-state index in [0.29, 0.717) is 38.5 Å². The van der Waals surface area contributed by atoms with Crippen molar-refractivity contribution in [2.75, 3.05) is 6.61 Å². The Kier molecular flexibility index (Phi) is 12.2. The second kappa shape index (κ2) is 16.8. The number of carbonyl (C=O) groups is 5. The normalized spacial score (nSPS) is 34.4. The molecule has 5 aliphatic rings. The van der Waals surface area contributed by atoms with Gasteiger partial charge in [-0.25, -0.2) is 4.79 Å². The van der Waals surface area contributed by atoms with Crippen LogP contribution in [0.1, 0.15) is 56.9 Å². The maximum Gasteiger partial charge on any atom is 0.345 e. The van der Waals surface area contributed by atoms with Gasteiger partial charge in [0, 0.05) is 12.0 Å². The number of phenolic OH excluding ortho intramolecular Hbond substituents is 1. The Morgan fingerprint density at radius 2 is 1.41 bits per heavy atom. The Hall–Kier alpha value is -4.61. The molecule has 16 nitrogen and oxygen atoms in total. The molecule has 292 valence electrons. The van der Waals surface area contributed by atoms with Crippen LogP contribution < -0.4 is 4.74 Å². The van der Waals surface area contributed by atoms with Crippen molar-refractivity contribution in [3.8, 4) is 11.5 Å². The van der Waals surface area contributed by atoms with E-state index < -0.39 is 109 Å². The molecule has 6 rings (SSSR count). The Morgan fingerprint density at radius 3 is 2.02 bits per heavy atom. The monoisotopic (exact) mass is 756 g/mol. The zero-order valence-corrected chi connectivity index (χ0v) is 29.3. The molecule has 2 fully saturated rings. The fraction of sp³-hybridized carbons (Fsp3) is 0.553. The summed E-state index contributed by atoms with van der Waals surface area (Å²) in [5.74, 6) is -6.69. The zero-order chi connectivity index (χ0) is 38.6. The number of aliphatic hydroxyl groups excluding tert-OH is 3. The fourth-order valence-electron chi connectivity index (χ4n) is 7.07. The molecule has 1 aromatic carbocycles. The minimum atomic E-state index is -2.97. The SMILES string of the molecule is O=C(OCC1OC(Oc2ccc(O)cc2COC(=O)C2(O)C(O)CCC(=O)C2OC(=O)C2C=CCC2)C(OC(=O)C2C=CCC2)C(O)C1O)C1C=CCC1. The van der Waals surface area contributed by atoms with E-state index in [1.807, 2.05) is 6.08 Å². The molecule has 16 heteroatoms. The number of hydrogen-bond donors (Lipinski definition) is 5. The number of rotatable bonds is 12. The van der Waals surface area contributed by atoms with Crippen molar-refractivity contribution < 1.29 is 77.9 Å². The summed E-state index contributed by atoms with van der Waals surface area (Å²) in [5.41, 5.74) is -3.03. The minimum Gasteiger partial charge on any atom is -0.508 e. The zero-order valence-electron chi connectivity index (χ0n) is 29.3. The molecule has 11 unspecified atom stereocenters. The quantitative estimate of drug-likeness (QED) is 0.113. The van der Waals surface area contributed by atoms with Gasteiger partial charge in [0.2, 0.25) is 18.0 Å². The molecule has 0 radical (unpaired) electrons. The average Bonchev–Trinajstić information content (AvgIpc) is 3.98. The van der Waals surface area contributed by atoms with Crippen molar-refractivity contribution in [3.05, 3.63) is 60.2 Å². The molecule has 1 aromatic rings. The lowest BCUT2D eigenvalue weighted by molar-refractivity contribution is -0.284. The van der Waals surface area contributed by atoms with E-state index in [2.05, 4.69) is 0 Å². The number of aromatic hydroxyl groups is 1. The number of phenols is 1. The van der Waals surface area contributed by atoms with E-state index in [0.717, 1.165) is 6.07 Å². The summed E-state index contributed by atoms with van der Waals surface area (Å²) in [5, 5.41) is 54.7. The number of allylic oxidation sites excluding steroid dienone is 3. The molecule has 0 aromatic heterocycles. The van der Waals surface area contributed by atoms with Gasteiger partial charge in [0.1, 0.15) is 43.0 Å². The molecule has 11 atom stereocenters. The third-order valence-corrected chi connectivity index (χ3v) is 10.3. The maximum atomic E-state index is 13.5. The summed E-state index contributed by atoms with van der Waals surface area (Å²) >= 11 is 0. The van der Waals surface area contributed by atoms with Gasteiger partial charge >= 0.3 is 23.9 Å². The molecule has 0 bridgehead atoms. The van der Waals surface area contributed by atoms with Crippen LogP contribution in [0.2, 0.25) is 0 Å². The Bertz CT molecular complexity index is 1680. The second-order valence-corrected chi connectivity index (χ2v) is 14.0. The van der Waals surface area contributed by atoms with Crippen LogP contribution in [-0.2, 0) is 54.3 Å². The van der Waals surface area contributed by atoms with Crippen molar-refractivity contribution >= 4 is 29.7 Å². The molecule has 4 aliphatic carbocycles. The lowest BCUT2D eigenvalue weighted by Crippen LogP contribution is -2.65. The van der Waals surface area contributed by atoms with E-state index in [4.69, 9.17) is 28.4 Å². The van der Waals surface area contributed by atoms with Gasteiger partial charge in [-0.05, 0) is 63.1 Å². The number of aliphatic hydroxyl groups is 4. The van der Waals surface area contributed by atoms with Crippen LogP contribution in [-0.4, -0.2) is 110 Å². The minimum absolute atomic E-state index is 0.0581. The lowest BCUT2D eigenvalue weighted by Gasteiger charge is -2.42. The van der Waals surface area contributed by atoms with Crippen LogP contribution >= 0.6 is 0 Å². The summed E-state index contributed by atoms with van der Waals surface area (Å²) in [7, 11) is 0. The molecule has 54 heavy (non-hydrogen) atoms. The number of carbonyl (C=O) groups excluding carboxylic acids is 5. The molecule has 1 heterocycles. The summed E-state index contributed by atoms with van der Waals surface area (Å²) < 4.78 is 33.7. The Balaban J connectivity index is 1.20.